The molecule has 2 aliphatic heterocycles. The number of aliphatic imine (C=N–C) groups is 1. The van der Waals surface area contributed by atoms with E-state index in [9.17, 15) is 51.2 Å². The molecule has 2 atom stereocenters. The predicted octanol–water partition coefficient (Wildman–Crippen LogP) is 9.33. The Morgan fingerprint density at radius 2 is 1.24 bits per heavy atom. The minimum Gasteiger partial charge on any atom is -0.463 e. The van der Waals surface area contributed by atoms with E-state index in [0.29, 0.717) is 34.4 Å². The van der Waals surface area contributed by atoms with Crippen LogP contribution in [0.2, 0.25) is 0 Å². The second-order valence-electron chi connectivity index (χ2n) is 16.4. The maximum Gasteiger partial charge on any atom is 0.416 e. The van der Waals surface area contributed by atoms with Crippen LogP contribution in [0, 0.1) is 22.7 Å². The monoisotopic (exact) mass is 983 g/mol. The maximum absolute atomic E-state index is 14.5. The summed E-state index contributed by atoms with van der Waals surface area (Å²) in [4.78, 5) is 52.4. The minimum atomic E-state index is -4.73. The number of allylic oxidation sites excluding steroid dienone is 2. The maximum atomic E-state index is 14.5. The van der Waals surface area contributed by atoms with Gasteiger partial charge in [0, 0.05) is 43.3 Å². The second kappa shape index (κ2) is 22.7. The molecule has 0 saturated heterocycles. The molecule has 0 aliphatic carbocycles. The van der Waals surface area contributed by atoms with Crippen LogP contribution in [0.1, 0.15) is 86.0 Å². The van der Waals surface area contributed by atoms with Crippen molar-refractivity contribution in [2.45, 2.75) is 65.0 Å². The van der Waals surface area contributed by atoms with Gasteiger partial charge in [0.05, 0.1) is 83.2 Å². The zero-order valence-electron chi connectivity index (χ0n) is 39.3. The lowest BCUT2D eigenvalue weighted by Gasteiger charge is -2.44. The van der Waals surface area contributed by atoms with Crippen molar-refractivity contribution in [2.75, 3.05) is 55.9 Å². The van der Waals surface area contributed by atoms with Gasteiger partial charge in [-0.3, -0.25) is 14.8 Å². The van der Waals surface area contributed by atoms with Crippen LogP contribution >= 0.6 is 0 Å². The summed E-state index contributed by atoms with van der Waals surface area (Å²) in [5.74, 6) is -1.42. The predicted molar refractivity (Wildman–Crippen MR) is 252 cm³/mol. The Labute approximate surface area is 406 Å². The van der Waals surface area contributed by atoms with Crippen molar-refractivity contribution in [1.29, 1.82) is 10.5 Å². The molecule has 20 heteroatoms. The van der Waals surface area contributed by atoms with Gasteiger partial charge in [0.2, 0.25) is 0 Å². The molecule has 0 aromatic heterocycles. The molecule has 71 heavy (non-hydrogen) atoms. The van der Waals surface area contributed by atoms with Crippen molar-refractivity contribution in [3.05, 3.63) is 153 Å². The van der Waals surface area contributed by atoms with Gasteiger partial charge in [0.1, 0.15) is 0 Å². The van der Waals surface area contributed by atoms with Crippen LogP contribution in [0.5, 0.6) is 0 Å². The molecule has 4 aromatic rings. The SMILES string of the molecule is CCOC(=O)C1=C(C)N(c2cccc(C(F)(F)F)c2)CN(CCCNC(N)=NCCCN2C(=O)N(c3cccc(C(F)(F)F)c3)C(C)=C(C(=O)OCC)[C@H]2c2ccc(C#N)cc2)[C@@H]1c1ccc(C#N)cc1. The van der Waals surface area contributed by atoms with E-state index in [0.717, 1.165) is 29.2 Å². The topological polar surface area (TPSA) is 181 Å². The third-order valence-electron chi connectivity index (χ3n) is 11.9. The number of nitriles is 2. The van der Waals surface area contributed by atoms with Gasteiger partial charge in [-0.1, -0.05) is 36.4 Å². The number of guanidine groups is 1. The summed E-state index contributed by atoms with van der Waals surface area (Å²) in [5, 5.41) is 22.0. The molecule has 2 aliphatic rings. The number of nitrogens with one attached hydrogen (secondary N) is 1. The molecule has 6 rings (SSSR count). The number of nitrogens with two attached hydrogens (primary N) is 1. The first-order valence-electron chi connectivity index (χ1n) is 22.6. The highest BCUT2D eigenvalue weighted by atomic mass is 19.4. The molecule has 0 spiro atoms. The Balaban J connectivity index is 1.22. The fraction of sp³-hybridized carbons (Fsp3) is 0.333. The molecular formula is C51H51F6N9O5. The molecule has 372 valence electrons. The normalized spacial score (nSPS) is 17.0. The molecule has 2 amide bonds. The van der Waals surface area contributed by atoms with Crippen molar-refractivity contribution < 1.29 is 50.2 Å². The molecule has 0 fully saturated rings. The molecule has 0 radical (unpaired) electrons. The Bertz CT molecular complexity index is 2780. The number of urea groups is 1. The van der Waals surface area contributed by atoms with E-state index in [1.165, 1.54) is 48.2 Å². The van der Waals surface area contributed by atoms with Gasteiger partial charge in [0.15, 0.2) is 5.96 Å². The first-order valence-corrected chi connectivity index (χ1v) is 22.6. The van der Waals surface area contributed by atoms with Crippen molar-refractivity contribution in [2.24, 2.45) is 10.7 Å². The zero-order valence-corrected chi connectivity index (χ0v) is 39.3. The molecule has 4 aromatic carbocycles. The van der Waals surface area contributed by atoms with Crippen LogP contribution in [0.25, 0.3) is 0 Å². The average Bonchev–Trinajstić information content (AvgIpc) is 3.34. The van der Waals surface area contributed by atoms with Crippen molar-refractivity contribution in [3.8, 4) is 12.1 Å². The van der Waals surface area contributed by atoms with Crippen LogP contribution < -0.4 is 20.9 Å². The lowest BCUT2D eigenvalue weighted by Crippen LogP contribution is -2.51. The quantitative estimate of drug-likeness (QED) is 0.0359. The number of rotatable bonds is 16. The van der Waals surface area contributed by atoms with Crippen molar-refractivity contribution >= 4 is 35.3 Å². The standard InChI is InChI=1S/C51H51F6N9O5/c1-5-70-46(67)42-32(3)65(40-13-7-11-38(27-40)50(52,53)54)31-63(44(42)36-19-15-34(29-58)16-20-36)25-9-23-61-48(60)62-24-10-26-64-45(37-21-17-35(30-59)18-22-37)43(47(68)71-6-2)33(4)66(49(64)69)41-14-8-12-39(28-41)51(55,56)57/h7-8,11-22,27-28,44-45H,5-6,9-10,23-26,31H2,1-4H3,(H3,60,61,62)/t44-,45-/m1/s1. The lowest BCUT2D eigenvalue weighted by molar-refractivity contribution is -0.140. The highest BCUT2D eigenvalue weighted by molar-refractivity contribution is 6.03. The number of carbonyl (C=O) groups excluding carboxylic acids is 3. The van der Waals surface area contributed by atoms with Crippen LogP contribution in [-0.2, 0) is 31.4 Å². The summed E-state index contributed by atoms with van der Waals surface area (Å²) < 4.78 is 94.3. The van der Waals surface area contributed by atoms with Crippen LogP contribution in [0.15, 0.2) is 125 Å². The number of hydrogen-bond acceptors (Lipinski definition) is 10. The summed E-state index contributed by atoms with van der Waals surface area (Å²) in [6, 6.07) is 23.5. The number of esters is 2. The molecule has 3 N–H and O–H groups in total. The first-order chi connectivity index (χ1) is 33.8. The van der Waals surface area contributed by atoms with Gasteiger partial charge in [0.25, 0.3) is 0 Å². The summed E-state index contributed by atoms with van der Waals surface area (Å²) >= 11 is 0. The number of nitrogens with zero attached hydrogens (tertiary/aromatic N) is 7. The molecular weight excluding hydrogens is 933 g/mol. The summed E-state index contributed by atoms with van der Waals surface area (Å²) in [7, 11) is 0. The van der Waals surface area contributed by atoms with Crippen molar-refractivity contribution in [3.63, 3.8) is 0 Å². The molecule has 0 saturated carbocycles. The lowest BCUT2D eigenvalue weighted by atomic mass is 9.92. The molecule has 0 bridgehead atoms. The third kappa shape index (κ3) is 12.1. The number of carbonyl (C=O) groups is 3. The van der Waals surface area contributed by atoms with Gasteiger partial charge < -0.3 is 30.3 Å². The minimum absolute atomic E-state index is 0.00588. The van der Waals surface area contributed by atoms with E-state index in [2.05, 4.69) is 16.4 Å². The number of alkyl halides is 6. The molecule has 2 heterocycles. The Morgan fingerprint density at radius 1 is 0.732 bits per heavy atom. The number of ether oxygens (including phenoxy) is 2. The fourth-order valence-electron chi connectivity index (χ4n) is 8.56. The van der Waals surface area contributed by atoms with E-state index in [1.54, 1.807) is 62.1 Å². The Hall–Kier alpha value is -7.84. The Kier molecular flexibility index (Phi) is 16.8. The van der Waals surface area contributed by atoms with E-state index < -0.39 is 53.5 Å². The third-order valence-corrected chi connectivity index (χ3v) is 11.9. The van der Waals surface area contributed by atoms with Gasteiger partial charge in [-0.05, 0) is 112 Å². The second-order valence-corrected chi connectivity index (χ2v) is 16.4. The van der Waals surface area contributed by atoms with Crippen molar-refractivity contribution in [1.82, 2.24) is 15.1 Å². The number of amides is 2. The summed E-state index contributed by atoms with van der Waals surface area (Å²) in [6.07, 6.45) is -8.79. The zero-order chi connectivity index (χ0) is 51.6. The first kappa shape index (κ1) is 52.5. The Morgan fingerprint density at radius 3 is 1.76 bits per heavy atom. The summed E-state index contributed by atoms with van der Waals surface area (Å²) in [5.41, 5.74) is 6.99. The highest BCUT2D eigenvalue weighted by Crippen LogP contribution is 2.43. The number of hydrogen-bond donors (Lipinski definition) is 2. The fourth-order valence-corrected chi connectivity index (χ4v) is 8.56. The molecule has 0 unspecified atom stereocenters. The number of halogens is 6. The van der Waals surface area contributed by atoms with Gasteiger partial charge in [-0.25, -0.2) is 14.4 Å². The van der Waals surface area contributed by atoms with E-state index in [-0.39, 0.29) is 86.7 Å². The van der Waals surface area contributed by atoms with Gasteiger partial charge in [-0.2, -0.15) is 36.9 Å². The summed E-state index contributed by atoms with van der Waals surface area (Å²) in [6.45, 7) is 6.94. The van der Waals surface area contributed by atoms with Gasteiger partial charge in [-0.15, -0.1) is 0 Å². The van der Waals surface area contributed by atoms with E-state index >= 15 is 0 Å². The van der Waals surface area contributed by atoms with E-state index in [4.69, 9.17) is 15.2 Å². The smallest absolute Gasteiger partial charge is 0.416 e. The van der Waals surface area contributed by atoms with Gasteiger partial charge >= 0.3 is 30.3 Å². The average molecular weight is 984 g/mol. The molecule has 14 nitrogen and oxygen atoms in total. The number of anilines is 2. The van der Waals surface area contributed by atoms with Crippen LogP contribution in [-0.4, -0.2) is 79.8 Å². The van der Waals surface area contributed by atoms with E-state index in [1.807, 2.05) is 11.0 Å². The largest absolute Gasteiger partial charge is 0.463 e. The van der Waals surface area contributed by atoms with Crippen LogP contribution in [0.4, 0.5) is 42.5 Å². The van der Waals surface area contributed by atoms with Crippen LogP contribution in [0.3, 0.4) is 0 Å². The number of benzene rings is 4. The highest BCUT2D eigenvalue weighted by Gasteiger charge is 2.44.